The molecular weight excluding hydrogens is 266 g/mol. The summed E-state index contributed by atoms with van der Waals surface area (Å²) in [6, 6.07) is 16.2. The lowest BCUT2D eigenvalue weighted by molar-refractivity contribution is 1.36. The molecule has 96 valence electrons. The number of aromatic nitrogens is 3. The topological polar surface area (TPSA) is 41.6 Å². The van der Waals surface area contributed by atoms with Gasteiger partial charge in [0.25, 0.3) is 0 Å². The number of fused-ring (bicyclic) bond motifs is 1. The molecule has 3 heterocycles. The summed E-state index contributed by atoms with van der Waals surface area (Å²) < 4.78 is 0. The first-order chi connectivity index (χ1) is 9.90. The normalized spacial score (nSPS) is 11.0. The molecule has 4 aromatic rings. The molecule has 0 aliphatic heterocycles. The molecule has 0 saturated heterocycles. The van der Waals surface area contributed by atoms with Gasteiger partial charge in [-0.05, 0) is 18.2 Å². The quantitative estimate of drug-likeness (QED) is 0.591. The number of nitrogens with zero attached hydrogens (tertiary/aromatic N) is 2. The Kier molecular flexibility index (Phi) is 2.60. The summed E-state index contributed by atoms with van der Waals surface area (Å²) in [5.41, 5.74) is 5.19. The minimum absolute atomic E-state index is 0.971. The lowest BCUT2D eigenvalue weighted by atomic mass is 10.2. The molecule has 0 radical (unpaired) electrons. The fraction of sp³-hybridized carbons (Fsp3) is 0. The predicted molar refractivity (Wildman–Crippen MR) is 82.6 cm³/mol. The van der Waals surface area contributed by atoms with Gasteiger partial charge >= 0.3 is 0 Å². The molecule has 1 N–H and O–H groups in total. The summed E-state index contributed by atoms with van der Waals surface area (Å²) >= 11 is 1.64. The maximum absolute atomic E-state index is 4.71. The first kappa shape index (κ1) is 11.4. The Balaban J connectivity index is 1.78. The van der Waals surface area contributed by atoms with Crippen LogP contribution in [0.5, 0.6) is 0 Å². The van der Waals surface area contributed by atoms with Gasteiger partial charge in [0, 0.05) is 17.1 Å². The maximum Gasteiger partial charge on any atom is 0.140 e. The van der Waals surface area contributed by atoms with Crippen LogP contribution >= 0.6 is 11.3 Å². The molecule has 1 aromatic carbocycles. The Bertz CT molecular complexity index is 828. The minimum Gasteiger partial charge on any atom is -0.351 e. The fourth-order valence-electron chi connectivity index (χ4n) is 2.21. The average Bonchev–Trinajstić information content (AvgIpc) is 3.14. The minimum atomic E-state index is 0.971. The third kappa shape index (κ3) is 1.90. The van der Waals surface area contributed by atoms with Crippen molar-refractivity contribution >= 4 is 22.4 Å². The van der Waals surface area contributed by atoms with Crippen LogP contribution < -0.4 is 0 Å². The molecule has 0 saturated carbocycles. The van der Waals surface area contributed by atoms with Crippen LogP contribution in [0.1, 0.15) is 0 Å². The molecular formula is C16H11N3S. The highest BCUT2D eigenvalue weighted by molar-refractivity contribution is 7.13. The van der Waals surface area contributed by atoms with Gasteiger partial charge < -0.3 is 4.98 Å². The number of hydrogen-bond acceptors (Lipinski definition) is 3. The molecule has 4 heteroatoms. The van der Waals surface area contributed by atoms with E-state index in [1.165, 1.54) is 0 Å². The summed E-state index contributed by atoms with van der Waals surface area (Å²) in [4.78, 5) is 12.4. The molecule has 0 amide bonds. The zero-order valence-electron chi connectivity index (χ0n) is 10.6. The zero-order chi connectivity index (χ0) is 13.4. The van der Waals surface area contributed by atoms with Crippen molar-refractivity contribution in [2.75, 3.05) is 0 Å². The Hall–Kier alpha value is -2.46. The van der Waals surface area contributed by atoms with E-state index < -0.39 is 0 Å². The number of thiazole rings is 1. The SMILES string of the molecule is c1ccc(-c2csc(-c3cc4ncccc4[nH]3)n2)cc1. The molecule has 0 fully saturated rings. The summed E-state index contributed by atoms with van der Waals surface area (Å²) in [6.45, 7) is 0. The second-order valence-electron chi connectivity index (χ2n) is 4.52. The summed E-state index contributed by atoms with van der Waals surface area (Å²) in [5.74, 6) is 0. The Morgan fingerprint density at radius 3 is 2.75 bits per heavy atom. The molecule has 3 aromatic heterocycles. The van der Waals surface area contributed by atoms with Gasteiger partial charge in [-0.2, -0.15) is 0 Å². The second kappa shape index (κ2) is 4.58. The highest BCUT2D eigenvalue weighted by Crippen LogP contribution is 2.29. The number of rotatable bonds is 2. The molecule has 0 spiro atoms. The largest absolute Gasteiger partial charge is 0.351 e. The Morgan fingerprint density at radius 2 is 1.90 bits per heavy atom. The number of pyridine rings is 1. The molecule has 0 aliphatic carbocycles. The van der Waals surface area contributed by atoms with E-state index in [0.29, 0.717) is 0 Å². The van der Waals surface area contributed by atoms with Crippen LogP contribution in [0.2, 0.25) is 0 Å². The van der Waals surface area contributed by atoms with E-state index in [0.717, 1.165) is 33.0 Å². The van der Waals surface area contributed by atoms with Gasteiger partial charge in [-0.1, -0.05) is 30.3 Å². The van der Waals surface area contributed by atoms with Gasteiger partial charge in [-0.25, -0.2) is 4.98 Å². The first-order valence-corrected chi connectivity index (χ1v) is 7.23. The van der Waals surface area contributed by atoms with Crippen LogP contribution in [0.15, 0.2) is 60.1 Å². The summed E-state index contributed by atoms with van der Waals surface area (Å²) in [6.07, 6.45) is 1.80. The van der Waals surface area contributed by atoms with E-state index in [-0.39, 0.29) is 0 Å². The van der Waals surface area contributed by atoms with Crippen molar-refractivity contribution in [3.05, 3.63) is 60.1 Å². The van der Waals surface area contributed by atoms with Crippen molar-refractivity contribution in [1.82, 2.24) is 15.0 Å². The Labute approximate surface area is 120 Å². The zero-order valence-corrected chi connectivity index (χ0v) is 11.4. The lowest BCUT2D eigenvalue weighted by Gasteiger charge is -1.94. The van der Waals surface area contributed by atoms with Crippen LogP contribution in [0.3, 0.4) is 0 Å². The smallest absolute Gasteiger partial charge is 0.140 e. The molecule has 0 unspecified atom stereocenters. The van der Waals surface area contributed by atoms with Crippen molar-refractivity contribution in [1.29, 1.82) is 0 Å². The van der Waals surface area contributed by atoms with Crippen molar-refractivity contribution in [3.8, 4) is 22.0 Å². The third-order valence-corrected chi connectivity index (χ3v) is 4.07. The van der Waals surface area contributed by atoms with Crippen molar-refractivity contribution < 1.29 is 0 Å². The predicted octanol–water partition coefficient (Wildman–Crippen LogP) is 4.35. The van der Waals surface area contributed by atoms with Crippen molar-refractivity contribution in [2.45, 2.75) is 0 Å². The molecule has 0 bridgehead atoms. The number of hydrogen-bond donors (Lipinski definition) is 1. The average molecular weight is 277 g/mol. The Morgan fingerprint density at radius 1 is 1.00 bits per heavy atom. The number of H-pyrrole nitrogens is 1. The van der Waals surface area contributed by atoms with Crippen molar-refractivity contribution in [2.24, 2.45) is 0 Å². The van der Waals surface area contributed by atoms with E-state index >= 15 is 0 Å². The van der Waals surface area contributed by atoms with Crippen molar-refractivity contribution in [3.63, 3.8) is 0 Å². The number of benzene rings is 1. The van der Waals surface area contributed by atoms with Gasteiger partial charge in [0.15, 0.2) is 0 Å². The molecule has 3 nitrogen and oxygen atoms in total. The van der Waals surface area contributed by atoms with Crippen LogP contribution in [-0.4, -0.2) is 15.0 Å². The third-order valence-electron chi connectivity index (χ3n) is 3.19. The van der Waals surface area contributed by atoms with Crippen LogP contribution in [0.4, 0.5) is 0 Å². The van der Waals surface area contributed by atoms with E-state index in [4.69, 9.17) is 4.98 Å². The van der Waals surface area contributed by atoms with E-state index in [1.54, 1.807) is 17.5 Å². The van der Waals surface area contributed by atoms with Gasteiger partial charge in [0.2, 0.25) is 0 Å². The maximum atomic E-state index is 4.71. The van der Waals surface area contributed by atoms with Gasteiger partial charge in [0.1, 0.15) is 5.01 Å². The molecule has 0 atom stereocenters. The monoisotopic (exact) mass is 277 g/mol. The molecule has 4 rings (SSSR count). The van der Waals surface area contributed by atoms with Gasteiger partial charge in [0.05, 0.1) is 22.4 Å². The molecule has 0 aliphatic rings. The highest BCUT2D eigenvalue weighted by Gasteiger charge is 2.09. The summed E-state index contributed by atoms with van der Waals surface area (Å²) in [7, 11) is 0. The standard InChI is InChI=1S/C16H11N3S/c1-2-5-11(6-3-1)15-10-20-16(19-15)14-9-13-12(18-14)7-4-8-17-13/h1-10,18H. The van der Waals surface area contributed by atoms with Crippen LogP contribution in [0, 0.1) is 0 Å². The fourth-order valence-corrected chi connectivity index (χ4v) is 3.01. The summed E-state index contributed by atoms with van der Waals surface area (Å²) in [5, 5.41) is 3.07. The van der Waals surface area contributed by atoms with Crippen LogP contribution in [-0.2, 0) is 0 Å². The van der Waals surface area contributed by atoms with E-state index in [9.17, 15) is 0 Å². The van der Waals surface area contributed by atoms with Crippen LogP contribution in [0.25, 0.3) is 33.0 Å². The second-order valence-corrected chi connectivity index (χ2v) is 5.38. The highest BCUT2D eigenvalue weighted by atomic mass is 32.1. The number of aromatic amines is 1. The van der Waals surface area contributed by atoms with Gasteiger partial charge in [-0.15, -0.1) is 11.3 Å². The first-order valence-electron chi connectivity index (χ1n) is 6.35. The van der Waals surface area contributed by atoms with E-state index in [1.807, 2.05) is 36.4 Å². The molecule has 20 heavy (non-hydrogen) atoms. The number of nitrogens with one attached hydrogen (secondary N) is 1. The van der Waals surface area contributed by atoms with Gasteiger partial charge in [-0.3, -0.25) is 4.98 Å². The lowest BCUT2D eigenvalue weighted by Crippen LogP contribution is -1.78. The van der Waals surface area contributed by atoms with E-state index in [2.05, 4.69) is 27.5 Å².